The highest BCUT2D eigenvalue weighted by Gasteiger charge is 2.50. The molecule has 2 fully saturated rings. The number of alkyl halides is 1. The van der Waals surface area contributed by atoms with E-state index in [1.807, 2.05) is 57.5 Å². The molecule has 13 heteroatoms. The number of nitrogens with one attached hydrogen (secondary N) is 1. The fourth-order valence-electron chi connectivity index (χ4n) is 5.59. The summed E-state index contributed by atoms with van der Waals surface area (Å²) in [5, 5.41) is 14.5. The van der Waals surface area contributed by atoms with Crippen LogP contribution >= 0.6 is 35.0 Å². The van der Waals surface area contributed by atoms with E-state index in [1.54, 1.807) is 0 Å². The number of aryl methyl sites for hydroxylation is 1. The number of carbonyl (C=O) groups excluding carboxylic acids is 1. The monoisotopic (exact) mass is 622 g/mol. The highest BCUT2D eigenvalue weighted by molar-refractivity contribution is 7.99. The molecule has 0 aliphatic carbocycles. The third kappa shape index (κ3) is 6.24. The van der Waals surface area contributed by atoms with Gasteiger partial charge in [0.15, 0.2) is 11.5 Å². The molecule has 5 rings (SSSR count). The van der Waals surface area contributed by atoms with Crippen LogP contribution in [0.2, 0.25) is 5.02 Å². The van der Waals surface area contributed by atoms with Crippen molar-refractivity contribution in [2.75, 3.05) is 24.6 Å². The van der Waals surface area contributed by atoms with Crippen molar-refractivity contribution >= 4 is 52.5 Å². The van der Waals surface area contributed by atoms with Crippen LogP contribution in [0.4, 0.5) is 10.6 Å². The van der Waals surface area contributed by atoms with Crippen LogP contribution in [0.3, 0.4) is 0 Å². The lowest BCUT2D eigenvalue weighted by Gasteiger charge is -2.43. The minimum Gasteiger partial charge on any atom is -0.444 e. The average Bonchev–Trinajstić information content (AvgIpc) is 3.48. The van der Waals surface area contributed by atoms with Crippen LogP contribution < -0.4 is 10.2 Å². The fourth-order valence-corrected chi connectivity index (χ4v) is 6.90. The Bertz CT molecular complexity index is 1440. The minimum absolute atomic E-state index is 0.116. The van der Waals surface area contributed by atoms with Gasteiger partial charge in [0.05, 0.1) is 47.7 Å². The predicted molar refractivity (Wildman–Crippen MR) is 159 cm³/mol. The lowest BCUT2D eigenvalue weighted by atomic mass is 9.73. The fraction of sp³-hybridized carbons (Fsp3) is 0.571. The molecule has 0 radical (unpaired) electrons. The zero-order valence-corrected chi connectivity index (χ0v) is 26.2. The van der Waals surface area contributed by atoms with Crippen molar-refractivity contribution in [2.24, 2.45) is 5.41 Å². The molecule has 10 nitrogen and oxygen atoms in total. The van der Waals surface area contributed by atoms with Crippen molar-refractivity contribution < 1.29 is 19.4 Å². The normalized spacial score (nSPS) is 20.6. The van der Waals surface area contributed by atoms with Gasteiger partial charge in [0.1, 0.15) is 16.3 Å². The number of aliphatic hydroxyl groups excluding tert-OH is 1. The van der Waals surface area contributed by atoms with Crippen LogP contribution in [0, 0.1) is 12.3 Å². The Morgan fingerprint density at radius 1 is 1.29 bits per heavy atom. The van der Waals surface area contributed by atoms with E-state index in [4.69, 9.17) is 42.6 Å². The number of nitrogens with zero attached hydrogens (tertiary/aromatic N) is 5. The number of alkyl carbamates (subject to hydrolysis) is 1. The first-order valence-corrected chi connectivity index (χ1v) is 15.4. The molecule has 2 saturated heterocycles. The van der Waals surface area contributed by atoms with Gasteiger partial charge >= 0.3 is 6.09 Å². The van der Waals surface area contributed by atoms with Crippen LogP contribution in [0.1, 0.15) is 57.6 Å². The number of amides is 1. The second-order valence-corrected chi connectivity index (χ2v) is 13.4. The minimum atomic E-state index is -0.573. The van der Waals surface area contributed by atoms with Crippen molar-refractivity contribution in [3.8, 4) is 0 Å². The number of pyridine rings is 1. The first-order valence-electron chi connectivity index (χ1n) is 13.7. The SMILES string of the molecule is Cc1nc(N2CCC3(CC2)CO[C@@H](C)[C@H]3NC(=O)OC(C)(C)C)c(CO)nc1Sc1ccn2cc(CCl)nc2c1Cl. The third-order valence-corrected chi connectivity index (χ3v) is 9.54. The van der Waals surface area contributed by atoms with Crippen molar-refractivity contribution in [1.82, 2.24) is 24.7 Å². The number of aromatic nitrogens is 4. The second-order valence-electron chi connectivity index (χ2n) is 11.7. The number of fused-ring (bicyclic) bond motifs is 1. The van der Waals surface area contributed by atoms with Gasteiger partial charge in [-0.1, -0.05) is 23.4 Å². The lowest BCUT2D eigenvalue weighted by Crippen LogP contribution is -2.55. The number of hydrogen-bond donors (Lipinski definition) is 2. The number of piperidine rings is 1. The average molecular weight is 624 g/mol. The van der Waals surface area contributed by atoms with Gasteiger partial charge in [-0.05, 0) is 53.5 Å². The summed E-state index contributed by atoms with van der Waals surface area (Å²) in [6, 6.07) is 1.75. The number of rotatable bonds is 6. The number of hydrogen-bond acceptors (Lipinski definition) is 9. The Morgan fingerprint density at radius 2 is 2.02 bits per heavy atom. The summed E-state index contributed by atoms with van der Waals surface area (Å²) < 4.78 is 13.4. The van der Waals surface area contributed by atoms with Crippen LogP contribution in [0.25, 0.3) is 5.65 Å². The topological polar surface area (TPSA) is 114 Å². The number of ether oxygens (including phenoxy) is 2. The summed E-state index contributed by atoms with van der Waals surface area (Å²) in [7, 11) is 0. The van der Waals surface area contributed by atoms with Crippen LogP contribution in [0.15, 0.2) is 28.4 Å². The van der Waals surface area contributed by atoms with Crippen molar-refractivity contribution in [3.05, 3.63) is 40.6 Å². The zero-order valence-electron chi connectivity index (χ0n) is 23.9. The molecule has 1 spiro atoms. The molecule has 2 aliphatic rings. The predicted octanol–water partition coefficient (Wildman–Crippen LogP) is 5.37. The number of aliphatic hydroxyl groups is 1. The molecule has 0 aromatic carbocycles. The molecule has 0 bridgehead atoms. The van der Waals surface area contributed by atoms with E-state index in [2.05, 4.69) is 15.2 Å². The molecular formula is C28H36Cl2N6O4S. The molecule has 5 heterocycles. The Kier molecular flexibility index (Phi) is 8.65. The summed E-state index contributed by atoms with van der Waals surface area (Å²) in [5.41, 5.74) is 1.85. The molecule has 0 unspecified atom stereocenters. The Balaban J connectivity index is 1.32. The van der Waals surface area contributed by atoms with Crippen LogP contribution in [0.5, 0.6) is 0 Å². The van der Waals surface area contributed by atoms with Gasteiger partial charge in [-0.2, -0.15) is 0 Å². The quantitative estimate of drug-likeness (QED) is 0.350. The van der Waals surface area contributed by atoms with Crippen LogP contribution in [-0.2, 0) is 22.0 Å². The number of imidazole rings is 1. The van der Waals surface area contributed by atoms with Gasteiger partial charge < -0.3 is 29.2 Å². The smallest absolute Gasteiger partial charge is 0.407 e. The maximum absolute atomic E-state index is 12.6. The Morgan fingerprint density at radius 3 is 2.68 bits per heavy atom. The molecule has 0 saturated carbocycles. The van der Waals surface area contributed by atoms with Gasteiger partial charge in [-0.25, -0.2) is 19.7 Å². The molecule has 2 aliphatic heterocycles. The largest absolute Gasteiger partial charge is 0.444 e. The van der Waals surface area contributed by atoms with Gasteiger partial charge in [-0.3, -0.25) is 0 Å². The van der Waals surface area contributed by atoms with Gasteiger partial charge in [0, 0.05) is 35.8 Å². The molecule has 2 atom stereocenters. The van der Waals surface area contributed by atoms with E-state index in [0.29, 0.717) is 52.8 Å². The summed E-state index contributed by atoms with van der Waals surface area (Å²) in [6.45, 7) is 11.2. The van der Waals surface area contributed by atoms with Crippen molar-refractivity contribution in [2.45, 2.75) is 87.6 Å². The highest BCUT2D eigenvalue weighted by Crippen LogP contribution is 2.44. The third-order valence-electron chi connectivity index (χ3n) is 7.65. The standard InChI is InChI=1S/C28H36Cl2N6O4S/c1-16-25(41-20-6-9-36-13-18(12-29)32-24(36)21(20)30)33-19(14-37)23(31-16)35-10-7-28(8-11-35)15-39-17(2)22(28)34-26(38)40-27(3,4)5/h6,9,13,17,22,37H,7-8,10-12,14-15H2,1-5H3,(H,34,38)/t17-,22+/m0/s1. The maximum Gasteiger partial charge on any atom is 0.407 e. The maximum atomic E-state index is 12.6. The van der Waals surface area contributed by atoms with Gasteiger partial charge in [0.2, 0.25) is 0 Å². The van der Waals surface area contributed by atoms with Crippen LogP contribution in [-0.4, -0.2) is 68.0 Å². The molecule has 3 aromatic heterocycles. The van der Waals surface area contributed by atoms with E-state index in [-0.39, 0.29) is 24.2 Å². The van der Waals surface area contributed by atoms with E-state index >= 15 is 0 Å². The van der Waals surface area contributed by atoms with E-state index in [9.17, 15) is 9.90 Å². The molecule has 2 N–H and O–H groups in total. The molecule has 41 heavy (non-hydrogen) atoms. The van der Waals surface area contributed by atoms with E-state index < -0.39 is 11.7 Å². The van der Waals surface area contributed by atoms with E-state index in [1.165, 1.54) is 11.8 Å². The highest BCUT2D eigenvalue weighted by atomic mass is 35.5. The molecule has 1 amide bonds. The number of carbonyl (C=O) groups is 1. The van der Waals surface area contributed by atoms with Gasteiger partial charge in [-0.15, -0.1) is 11.6 Å². The Labute approximate surface area is 254 Å². The number of halogens is 2. The first kappa shape index (κ1) is 30.2. The first-order chi connectivity index (χ1) is 19.4. The lowest BCUT2D eigenvalue weighted by molar-refractivity contribution is 0.0434. The summed E-state index contributed by atoms with van der Waals surface area (Å²) >= 11 is 14.0. The zero-order chi connectivity index (χ0) is 29.5. The molecular weight excluding hydrogens is 587 g/mol. The summed E-state index contributed by atoms with van der Waals surface area (Å²) in [6.07, 6.45) is 4.79. The Hall–Kier alpha value is -2.31. The van der Waals surface area contributed by atoms with Gasteiger partial charge in [0.25, 0.3) is 0 Å². The molecule has 222 valence electrons. The van der Waals surface area contributed by atoms with E-state index in [0.717, 1.165) is 29.1 Å². The summed E-state index contributed by atoms with van der Waals surface area (Å²) in [4.78, 5) is 29.7. The van der Waals surface area contributed by atoms with Crippen molar-refractivity contribution in [1.29, 1.82) is 0 Å². The molecule has 3 aromatic rings. The second kappa shape index (κ2) is 11.8. The number of anilines is 1. The van der Waals surface area contributed by atoms with Crippen molar-refractivity contribution in [3.63, 3.8) is 0 Å². The summed E-state index contributed by atoms with van der Waals surface area (Å²) in [5.74, 6) is 0.978.